The number of ether oxygens (including phenoxy) is 1. The molecule has 4 nitrogen and oxygen atoms in total. The van der Waals surface area contributed by atoms with Gasteiger partial charge in [-0.05, 0) is 74.6 Å². The highest BCUT2D eigenvalue weighted by Crippen LogP contribution is 2.29. The van der Waals surface area contributed by atoms with Gasteiger partial charge in [-0.25, -0.2) is 4.98 Å². The van der Waals surface area contributed by atoms with Gasteiger partial charge in [0, 0.05) is 5.56 Å². The number of hydrogen-bond donors (Lipinski definition) is 1. The van der Waals surface area contributed by atoms with E-state index in [-0.39, 0.29) is 5.56 Å². The highest BCUT2D eigenvalue weighted by atomic mass is 16.5. The maximum atomic E-state index is 12.6. The summed E-state index contributed by atoms with van der Waals surface area (Å²) in [5, 5.41) is 0.658. The monoisotopic (exact) mass is 336 g/mol. The average molecular weight is 336 g/mol. The summed E-state index contributed by atoms with van der Waals surface area (Å²) in [4.78, 5) is 20.2. The number of fused-ring (bicyclic) bond motifs is 1. The SMILES string of the molecule is CCCOc1c(C)cc(-c2nc3cc(C)cc(C)c3c(=O)[nH]2)cc1C. The Morgan fingerprint density at radius 1 is 1.00 bits per heavy atom. The first kappa shape index (κ1) is 17.2. The lowest BCUT2D eigenvalue weighted by Crippen LogP contribution is -2.11. The zero-order valence-corrected chi connectivity index (χ0v) is 15.5. The first-order valence-electron chi connectivity index (χ1n) is 8.66. The van der Waals surface area contributed by atoms with Crippen LogP contribution in [0.25, 0.3) is 22.3 Å². The molecule has 2 aromatic carbocycles. The van der Waals surface area contributed by atoms with Gasteiger partial charge >= 0.3 is 0 Å². The number of hydrogen-bond acceptors (Lipinski definition) is 3. The Kier molecular flexibility index (Phi) is 4.62. The second kappa shape index (κ2) is 6.71. The molecule has 0 bridgehead atoms. The van der Waals surface area contributed by atoms with E-state index >= 15 is 0 Å². The third-order valence-corrected chi connectivity index (χ3v) is 4.33. The summed E-state index contributed by atoms with van der Waals surface area (Å²) in [5.41, 5.74) is 5.68. The fourth-order valence-corrected chi connectivity index (χ4v) is 3.30. The van der Waals surface area contributed by atoms with Gasteiger partial charge in [-0.15, -0.1) is 0 Å². The lowest BCUT2D eigenvalue weighted by molar-refractivity contribution is 0.313. The van der Waals surface area contributed by atoms with Crippen molar-refractivity contribution >= 4 is 10.9 Å². The minimum atomic E-state index is -0.0980. The second-order valence-electron chi connectivity index (χ2n) is 6.68. The van der Waals surface area contributed by atoms with E-state index in [1.807, 2.05) is 52.0 Å². The standard InChI is InChI=1S/C21H24N2O2/c1-6-7-25-19-14(4)10-16(11-15(19)5)20-22-17-9-12(2)8-13(3)18(17)21(24)23-20/h8-11H,6-7H2,1-5H3,(H,22,23,24). The maximum Gasteiger partial charge on any atom is 0.259 e. The molecule has 0 amide bonds. The molecule has 0 aliphatic carbocycles. The van der Waals surface area contributed by atoms with Crippen molar-refractivity contribution in [2.24, 2.45) is 0 Å². The van der Waals surface area contributed by atoms with Crippen LogP contribution in [-0.2, 0) is 0 Å². The third kappa shape index (κ3) is 3.29. The van der Waals surface area contributed by atoms with Gasteiger partial charge in [0.1, 0.15) is 11.6 Å². The molecular weight excluding hydrogens is 312 g/mol. The fourth-order valence-electron chi connectivity index (χ4n) is 3.30. The van der Waals surface area contributed by atoms with Gasteiger partial charge < -0.3 is 9.72 Å². The summed E-state index contributed by atoms with van der Waals surface area (Å²) >= 11 is 0. The van der Waals surface area contributed by atoms with E-state index in [4.69, 9.17) is 9.72 Å². The Balaban J connectivity index is 2.15. The summed E-state index contributed by atoms with van der Waals surface area (Å²) in [6, 6.07) is 8.00. The number of H-pyrrole nitrogens is 1. The zero-order valence-electron chi connectivity index (χ0n) is 15.5. The average Bonchev–Trinajstić information content (AvgIpc) is 2.52. The lowest BCUT2D eigenvalue weighted by atomic mass is 10.0. The van der Waals surface area contributed by atoms with E-state index in [1.165, 1.54) is 0 Å². The maximum absolute atomic E-state index is 12.6. The van der Waals surface area contributed by atoms with Crippen LogP contribution in [0.1, 0.15) is 35.6 Å². The van der Waals surface area contributed by atoms with Crippen molar-refractivity contribution in [1.82, 2.24) is 9.97 Å². The third-order valence-electron chi connectivity index (χ3n) is 4.33. The molecule has 3 rings (SSSR count). The molecule has 0 atom stereocenters. The molecule has 0 aliphatic heterocycles. The molecule has 4 heteroatoms. The van der Waals surface area contributed by atoms with Crippen LogP contribution in [0.4, 0.5) is 0 Å². The molecule has 0 fully saturated rings. The van der Waals surface area contributed by atoms with E-state index in [2.05, 4.69) is 11.9 Å². The Hall–Kier alpha value is -2.62. The number of aromatic amines is 1. The Morgan fingerprint density at radius 3 is 2.32 bits per heavy atom. The predicted molar refractivity (Wildman–Crippen MR) is 103 cm³/mol. The number of aryl methyl sites for hydroxylation is 4. The quantitative estimate of drug-likeness (QED) is 0.757. The Bertz CT molecular complexity index is 980. The number of nitrogens with zero attached hydrogens (tertiary/aromatic N) is 1. The zero-order chi connectivity index (χ0) is 18.1. The molecule has 3 aromatic rings. The molecule has 0 saturated heterocycles. The first-order chi connectivity index (χ1) is 11.9. The molecule has 1 N–H and O–H groups in total. The van der Waals surface area contributed by atoms with Gasteiger partial charge in [0.2, 0.25) is 0 Å². The summed E-state index contributed by atoms with van der Waals surface area (Å²) < 4.78 is 5.84. The molecule has 1 aromatic heterocycles. The van der Waals surface area contributed by atoms with Crippen LogP contribution in [0.3, 0.4) is 0 Å². The molecule has 0 aliphatic rings. The van der Waals surface area contributed by atoms with E-state index in [0.29, 0.717) is 17.8 Å². The van der Waals surface area contributed by atoms with Crippen molar-refractivity contribution in [3.05, 3.63) is 56.9 Å². The smallest absolute Gasteiger partial charge is 0.259 e. The van der Waals surface area contributed by atoms with Gasteiger partial charge in [-0.1, -0.05) is 13.0 Å². The highest BCUT2D eigenvalue weighted by molar-refractivity contribution is 5.83. The van der Waals surface area contributed by atoms with Crippen LogP contribution in [-0.4, -0.2) is 16.6 Å². The highest BCUT2D eigenvalue weighted by Gasteiger charge is 2.12. The van der Waals surface area contributed by atoms with E-state index in [1.54, 1.807) is 0 Å². The number of rotatable bonds is 4. The minimum Gasteiger partial charge on any atom is -0.493 e. The Morgan fingerprint density at radius 2 is 1.68 bits per heavy atom. The molecule has 130 valence electrons. The second-order valence-corrected chi connectivity index (χ2v) is 6.68. The molecule has 25 heavy (non-hydrogen) atoms. The predicted octanol–water partition coefficient (Wildman–Crippen LogP) is 4.61. The van der Waals surface area contributed by atoms with E-state index in [9.17, 15) is 4.79 Å². The summed E-state index contributed by atoms with van der Waals surface area (Å²) in [6.07, 6.45) is 0.971. The summed E-state index contributed by atoms with van der Waals surface area (Å²) in [6.45, 7) is 10.8. The van der Waals surface area contributed by atoms with Crippen molar-refractivity contribution in [2.45, 2.75) is 41.0 Å². The summed E-state index contributed by atoms with van der Waals surface area (Å²) in [5.74, 6) is 1.51. The van der Waals surface area contributed by atoms with Gasteiger partial charge in [-0.2, -0.15) is 0 Å². The largest absolute Gasteiger partial charge is 0.493 e. The molecular formula is C21H24N2O2. The lowest BCUT2D eigenvalue weighted by Gasteiger charge is -2.14. The molecule has 1 heterocycles. The van der Waals surface area contributed by atoms with Gasteiger partial charge in [0.05, 0.1) is 17.5 Å². The van der Waals surface area contributed by atoms with E-state index in [0.717, 1.165) is 45.5 Å². The van der Waals surface area contributed by atoms with Gasteiger partial charge in [0.15, 0.2) is 0 Å². The van der Waals surface area contributed by atoms with Crippen LogP contribution in [0.5, 0.6) is 5.75 Å². The van der Waals surface area contributed by atoms with Crippen LogP contribution in [0.2, 0.25) is 0 Å². The molecule has 0 radical (unpaired) electrons. The van der Waals surface area contributed by atoms with Crippen molar-refractivity contribution in [3.63, 3.8) is 0 Å². The number of nitrogens with one attached hydrogen (secondary N) is 1. The molecule has 0 spiro atoms. The van der Waals surface area contributed by atoms with Crippen molar-refractivity contribution in [1.29, 1.82) is 0 Å². The van der Waals surface area contributed by atoms with Crippen LogP contribution in [0, 0.1) is 27.7 Å². The van der Waals surface area contributed by atoms with Gasteiger partial charge in [0.25, 0.3) is 5.56 Å². The molecule has 0 unspecified atom stereocenters. The Labute approximate surface area is 147 Å². The van der Waals surface area contributed by atoms with Crippen molar-refractivity contribution in [3.8, 4) is 17.1 Å². The van der Waals surface area contributed by atoms with Crippen LogP contribution in [0.15, 0.2) is 29.1 Å². The normalized spacial score (nSPS) is 11.1. The minimum absolute atomic E-state index is 0.0980. The van der Waals surface area contributed by atoms with Crippen molar-refractivity contribution < 1.29 is 4.74 Å². The van der Waals surface area contributed by atoms with Crippen LogP contribution < -0.4 is 10.3 Å². The summed E-state index contributed by atoms with van der Waals surface area (Å²) in [7, 11) is 0. The van der Waals surface area contributed by atoms with Crippen molar-refractivity contribution in [2.75, 3.05) is 6.61 Å². The van der Waals surface area contributed by atoms with E-state index < -0.39 is 0 Å². The molecule has 0 saturated carbocycles. The van der Waals surface area contributed by atoms with Gasteiger partial charge in [-0.3, -0.25) is 4.79 Å². The fraction of sp³-hybridized carbons (Fsp3) is 0.333. The topological polar surface area (TPSA) is 55.0 Å². The number of aromatic nitrogens is 2. The van der Waals surface area contributed by atoms with Crippen LogP contribution >= 0.6 is 0 Å². The first-order valence-corrected chi connectivity index (χ1v) is 8.66. The number of benzene rings is 2.